The number of nitrogens with one attached hydrogen (secondary N) is 1. The molecule has 1 N–H and O–H groups in total. The summed E-state index contributed by atoms with van der Waals surface area (Å²) in [5.41, 5.74) is 4.91. The molecule has 0 saturated carbocycles. The quantitative estimate of drug-likeness (QED) is 0.357. The Labute approximate surface area is 188 Å². The second-order valence-corrected chi connectivity index (χ2v) is 9.51. The number of carbonyl (C=O) groups is 1. The fourth-order valence-electron chi connectivity index (χ4n) is 4.06. The van der Waals surface area contributed by atoms with Gasteiger partial charge >= 0.3 is 0 Å². The van der Waals surface area contributed by atoms with Gasteiger partial charge in [0.2, 0.25) is 5.91 Å². The van der Waals surface area contributed by atoms with E-state index in [0.717, 1.165) is 24.1 Å². The van der Waals surface area contributed by atoms with E-state index in [-0.39, 0.29) is 23.3 Å². The monoisotopic (exact) mass is 447 g/mol. The zero-order valence-corrected chi connectivity index (χ0v) is 18.6. The van der Waals surface area contributed by atoms with E-state index in [4.69, 9.17) is 4.98 Å². The molecule has 1 aliphatic carbocycles. The Morgan fingerprint density at radius 3 is 2.97 bits per heavy atom. The molecule has 5 nitrogen and oxygen atoms in total. The molecule has 31 heavy (non-hydrogen) atoms. The van der Waals surface area contributed by atoms with Crippen LogP contribution in [-0.2, 0) is 11.2 Å². The number of benzene rings is 2. The van der Waals surface area contributed by atoms with E-state index in [1.54, 1.807) is 4.57 Å². The minimum Gasteiger partial charge on any atom is -0.349 e. The van der Waals surface area contributed by atoms with E-state index >= 15 is 0 Å². The van der Waals surface area contributed by atoms with Crippen molar-refractivity contribution in [1.82, 2.24) is 14.9 Å². The number of carbonyl (C=O) groups excluding carboxylic acids is 1. The Hall–Kier alpha value is -2.90. The Balaban J connectivity index is 1.41. The first-order valence-electron chi connectivity index (χ1n) is 10.2. The third kappa shape index (κ3) is 3.91. The van der Waals surface area contributed by atoms with E-state index in [2.05, 4.69) is 17.4 Å². The van der Waals surface area contributed by atoms with Gasteiger partial charge in [-0.25, -0.2) is 4.98 Å². The van der Waals surface area contributed by atoms with E-state index < -0.39 is 0 Å². The lowest BCUT2D eigenvalue weighted by atomic mass is 10.1. The maximum Gasteiger partial charge on any atom is 0.276 e. The third-order valence-corrected chi connectivity index (χ3v) is 7.34. The molecule has 2 heterocycles. The van der Waals surface area contributed by atoms with Gasteiger partial charge in [-0.1, -0.05) is 48.2 Å². The van der Waals surface area contributed by atoms with Crippen LogP contribution >= 0.6 is 23.1 Å². The Morgan fingerprint density at radius 2 is 2.10 bits per heavy atom. The molecule has 2 aromatic heterocycles. The van der Waals surface area contributed by atoms with Gasteiger partial charge < -0.3 is 5.32 Å². The molecule has 0 bridgehead atoms. The number of thioether (sulfide) groups is 1. The highest BCUT2D eigenvalue weighted by atomic mass is 32.2. The highest BCUT2D eigenvalue weighted by molar-refractivity contribution is 7.99. The molecule has 1 aliphatic rings. The van der Waals surface area contributed by atoms with Crippen molar-refractivity contribution in [2.75, 3.05) is 5.75 Å². The normalized spacial score (nSPS) is 15.2. The highest BCUT2D eigenvalue weighted by Crippen LogP contribution is 2.31. The van der Waals surface area contributed by atoms with Crippen LogP contribution in [0.25, 0.3) is 15.9 Å². The van der Waals surface area contributed by atoms with Crippen LogP contribution in [0.4, 0.5) is 0 Å². The summed E-state index contributed by atoms with van der Waals surface area (Å²) >= 11 is 2.69. The van der Waals surface area contributed by atoms with E-state index in [1.165, 1.54) is 34.2 Å². The number of thiophene rings is 1. The molecule has 2 aromatic carbocycles. The van der Waals surface area contributed by atoms with Gasteiger partial charge in [0.15, 0.2) is 5.16 Å². The summed E-state index contributed by atoms with van der Waals surface area (Å²) in [6.45, 7) is 1.99. The third-order valence-electron chi connectivity index (χ3n) is 5.51. The second kappa shape index (κ2) is 8.32. The lowest BCUT2D eigenvalue weighted by Gasteiger charge is -2.15. The largest absolute Gasteiger partial charge is 0.349 e. The number of aromatic nitrogens is 2. The van der Waals surface area contributed by atoms with Gasteiger partial charge in [-0.05, 0) is 60.0 Å². The zero-order chi connectivity index (χ0) is 21.4. The topological polar surface area (TPSA) is 64.0 Å². The molecule has 0 saturated heterocycles. The van der Waals surface area contributed by atoms with Crippen molar-refractivity contribution in [3.63, 3.8) is 0 Å². The van der Waals surface area contributed by atoms with Crippen LogP contribution in [0.3, 0.4) is 0 Å². The Kier molecular flexibility index (Phi) is 5.38. The van der Waals surface area contributed by atoms with Crippen molar-refractivity contribution >= 4 is 39.2 Å². The van der Waals surface area contributed by atoms with Crippen LogP contribution in [0.5, 0.6) is 0 Å². The molecule has 156 valence electrons. The average molecular weight is 448 g/mol. The predicted octanol–water partition coefficient (Wildman–Crippen LogP) is 4.65. The smallest absolute Gasteiger partial charge is 0.276 e. The van der Waals surface area contributed by atoms with Gasteiger partial charge in [0, 0.05) is 0 Å². The second-order valence-electron chi connectivity index (χ2n) is 7.66. The molecule has 7 heteroatoms. The minimum atomic E-state index is -0.0989. The molecular weight excluding hydrogens is 426 g/mol. The van der Waals surface area contributed by atoms with E-state index in [0.29, 0.717) is 15.4 Å². The summed E-state index contributed by atoms with van der Waals surface area (Å²) in [6, 6.07) is 17.9. The van der Waals surface area contributed by atoms with Crippen LogP contribution in [0.2, 0.25) is 0 Å². The lowest BCUT2D eigenvalue weighted by Crippen LogP contribution is -2.29. The maximum atomic E-state index is 13.2. The summed E-state index contributed by atoms with van der Waals surface area (Å²) in [4.78, 5) is 30.6. The highest BCUT2D eigenvalue weighted by Gasteiger charge is 2.24. The Morgan fingerprint density at radius 1 is 1.23 bits per heavy atom. The lowest BCUT2D eigenvalue weighted by molar-refractivity contribution is -0.119. The predicted molar refractivity (Wildman–Crippen MR) is 126 cm³/mol. The number of nitrogens with zero attached hydrogens (tertiary/aromatic N) is 2. The molecular formula is C24H21N3O2S2. The first-order chi connectivity index (χ1) is 15.1. The SMILES string of the molecule is Cc1cccc(-n2c(SCC(=O)NC3CCc4ccccc43)nc3ccsc3c2=O)c1. The van der Waals surface area contributed by atoms with Gasteiger partial charge in [0.1, 0.15) is 4.70 Å². The standard InChI is InChI=1S/C24H21N3O2S2/c1-15-5-4-7-17(13-15)27-23(29)22-20(11-12-30-22)26-24(27)31-14-21(28)25-19-10-9-16-6-2-3-8-18(16)19/h2-8,11-13,19H,9-10,14H2,1H3,(H,25,28). The Bertz CT molecular complexity index is 1340. The van der Waals surface area contributed by atoms with E-state index in [1.807, 2.05) is 54.8 Å². The van der Waals surface area contributed by atoms with Crippen molar-refractivity contribution in [2.45, 2.75) is 31.0 Å². The number of amides is 1. The average Bonchev–Trinajstić information content (AvgIpc) is 3.40. The number of rotatable bonds is 5. The number of aryl methyl sites for hydroxylation is 2. The van der Waals surface area contributed by atoms with Crippen LogP contribution in [0.1, 0.15) is 29.2 Å². The van der Waals surface area contributed by atoms with Gasteiger partial charge in [0.25, 0.3) is 5.56 Å². The van der Waals surface area contributed by atoms with Crippen LogP contribution in [0.15, 0.2) is 69.9 Å². The maximum absolute atomic E-state index is 13.2. The molecule has 0 radical (unpaired) electrons. The van der Waals surface area contributed by atoms with Crippen molar-refractivity contribution in [3.05, 3.63) is 87.0 Å². The summed E-state index contributed by atoms with van der Waals surface area (Å²) in [5, 5.41) is 5.55. The summed E-state index contributed by atoms with van der Waals surface area (Å²) in [5.74, 6) is 0.147. The molecule has 4 aromatic rings. The summed E-state index contributed by atoms with van der Waals surface area (Å²) < 4.78 is 2.24. The van der Waals surface area contributed by atoms with Crippen molar-refractivity contribution in [2.24, 2.45) is 0 Å². The van der Waals surface area contributed by atoms with Crippen molar-refractivity contribution < 1.29 is 4.79 Å². The number of fused-ring (bicyclic) bond motifs is 2. The van der Waals surface area contributed by atoms with Gasteiger partial charge in [-0.15, -0.1) is 11.3 Å². The molecule has 0 spiro atoms. The summed E-state index contributed by atoms with van der Waals surface area (Å²) in [7, 11) is 0. The van der Waals surface area contributed by atoms with Crippen LogP contribution in [-0.4, -0.2) is 21.2 Å². The molecule has 1 amide bonds. The fourth-order valence-corrected chi connectivity index (χ4v) is 5.64. The molecule has 0 fully saturated rings. The van der Waals surface area contributed by atoms with Crippen molar-refractivity contribution in [3.8, 4) is 5.69 Å². The molecule has 5 rings (SSSR count). The van der Waals surface area contributed by atoms with Crippen molar-refractivity contribution in [1.29, 1.82) is 0 Å². The van der Waals surface area contributed by atoms with Gasteiger partial charge in [-0.2, -0.15) is 0 Å². The summed E-state index contributed by atoms with van der Waals surface area (Å²) in [6.07, 6.45) is 1.90. The first kappa shape index (κ1) is 20.0. The molecule has 0 aliphatic heterocycles. The van der Waals surface area contributed by atoms with Crippen LogP contribution < -0.4 is 10.9 Å². The zero-order valence-electron chi connectivity index (χ0n) is 17.0. The first-order valence-corrected chi connectivity index (χ1v) is 12.0. The number of hydrogen-bond donors (Lipinski definition) is 1. The van der Waals surface area contributed by atoms with E-state index in [9.17, 15) is 9.59 Å². The van der Waals surface area contributed by atoms with Gasteiger partial charge in [-0.3, -0.25) is 14.2 Å². The molecule has 1 unspecified atom stereocenters. The van der Waals surface area contributed by atoms with Crippen LogP contribution in [0, 0.1) is 6.92 Å². The number of hydrogen-bond acceptors (Lipinski definition) is 5. The fraction of sp³-hybridized carbons (Fsp3) is 0.208. The van der Waals surface area contributed by atoms with Gasteiger partial charge in [0.05, 0.1) is 23.0 Å². The minimum absolute atomic E-state index is 0.0515. The molecule has 1 atom stereocenters.